The Morgan fingerprint density at radius 1 is 1.40 bits per heavy atom. The largest absolute Gasteiger partial charge is 0.495 e. The monoisotopic (exact) mass is 380 g/mol. The van der Waals surface area contributed by atoms with Crippen LogP contribution in [0.3, 0.4) is 0 Å². The molecule has 0 unspecified atom stereocenters. The van der Waals surface area contributed by atoms with E-state index < -0.39 is 15.9 Å². The quantitative estimate of drug-likeness (QED) is 0.670. The molecule has 0 fully saturated rings. The second-order valence-corrected chi connectivity index (χ2v) is 7.81. The first-order valence-corrected chi connectivity index (χ1v) is 9.62. The molecular formula is C15H16N4O4S2. The van der Waals surface area contributed by atoms with Crippen molar-refractivity contribution >= 4 is 32.2 Å². The summed E-state index contributed by atoms with van der Waals surface area (Å²) in [5.41, 5.74) is 0.937. The van der Waals surface area contributed by atoms with Gasteiger partial charge in [-0.1, -0.05) is 0 Å². The number of carbonyl (C=O) groups is 1. The van der Waals surface area contributed by atoms with Crippen LogP contribution in [0.25, 0.3) is 4.96 Å². The van der Waals surface area contributed by atoms with Crippen LogP contribution in [-0.2, 0) is 16.6 Å². The molecule has 2 heterocycles. The Labute approximate surface area is 148 Å². The van der Waals surface area contributed by atoms with Crippen molar-refractivity contribution in [3.05, 3.63) is 47.2 Å². The average Bonchev–Trinajstić information content (AvgIpc) is 3.20. The summed E-state index contributed by atoms with van der Waals surface area (Å²) >= 11 is 1.50. The second-order valence-electron chi connectivity index (χ2n) is 5.08. The first-order chi connectivity index (χ1) is 11.9. The molecule has 132 valence electrons. The van der Waals surface area contributed by atoms with Crippen molar-refractivity contribution in [2.24, 2.45) is 0 Å². The number of fused-ring (bicyclic) bond motifs is 1. The molecular weight excluding hydrogens is 364 g/mol. The van der Waals surface area contributed by atoms with E-state index in [-0.39, 0.29) is 22.8 Å². The van der Waals surface area contributed by atoms with Crippen LogP contribution < -0.4 is 14.8 Å². The number of benzene rings is 1. The highest BCUT2D eigenvalue weighted by Crippen LogP contribution is 2.24. The third kappa shape index (κ3) is 3.50. The van der Waals surface area contributed by atoms with E-state index in [0.717, 1.165) is 10.7 Å². The Hall–Kier alpha value is -2.43. The number of nitrogens with zero attached hydrogens (tertiary/aromatic N) is 2. The summed E-state index contributed by atoms with van der Waals surface area (Å²) in [6.45, 7) is 0.243. The van der Waals surface area contributed by atoms with Crippen LogP contribution in [0.4, 0.5) is 0 Å². The molecule has 2 aromatic heterocycles. The number of ether oxygens (including phenoxy) is 1. The Morgan fingerprint density at radius 3 is 2.88 bits per heavy atom. The molecule has 0 aliphatic carbocycles. The number of aromatic nitrogens is 2. The fourth-order valence-electron chi connectivity index (χ4n) is 2.27. The molecule has 0 saturated carbocycles. The first-order valence-electron chi connectivity index (χ1n) is 7.25. The zero-order valence-electron chi connectivity index (χ0n) is 13.5. The molecule has 0 aliphatic heterocycles. The highest BCUT2D eigenvalue weighted by molar-refractivity contribution is 7.89. The van der Waals surface area contributed by atoms with Crippen molar-refractivity contribution < 1.29 is 17.9 Å². The molecule has 10 heteroatoms. The van der Waals surface area contributed by atoms with Gasteiger partial charge < -0.3 is 10.1 Å². The van der Waals surface area contributed by atoms with Crippen molar-refractivity contribution in [2.45, 2.75) is 11.4 Å². The number of thiazole rings is 1. The van der Waals surface area contributed by atoms with Gasteiger partial charge in [0.2, 0.25) is 10.0 Å². The Kier molecular flexibility index (Phi) is 4.75. The topological polar surface area (TPSA) is 102 Å². The van der Waals surface area contributed by atoms with E-state index in [1.54, 1.807) is 0 Å². The summed E-state index contributed by atoms with van der Waals surface area (Å²) in [5.74, 6) is -0.230. The van der Waals surface area contributed by atoms with E-state index in [1.165, 1.54) is 43.7 Å². The van der Waals surface area contributed by atoms with Crippen LogP contribution >= 0.6 is 11.3 Å². The van der Waals surface area contributed by atoms with E-state index in [0.29, 0.717) is 0 Å². The minimum absolute atomic E-state index is 0.0901. The van der Waals surface area contributed by atoms with Gasteiger partial charge in [0.25, 0.3) is 5.91 Å². The molecule has 3 aromatic rings. The van der Waals surface area contributed by atoms with Gasteiger partial charge in [-0.05, 0) is 25.2 Å². The average molecular weight is 380 g/mol. The third-order valence-corrected chi connectivity index (χ3v) is 5.76. The molecule has 3 rings (SSSR count). The summed E-state index contributed by atoms with van der Waals surface area (Å²) in [6, 6.07) is 4.24. The van der Waals surface area contributed by atoms with E-state index in [9.17, 15) is 13.2 Å². The lowest BCUT2D eigenvalue weighted by molar-refractivity contribution is 0.0950. The number of hydrogen-bond donors (Lipinski definition) is 2. The van der Waals surface area contributed by atoms with E-state index in [2.05, 4.69) is 15.0 Å². The Balaban J connectivity index is 1.79. The van der Waals surface area contributed by atoms with E-state index in [1.807, 2.05) is 22.2 Å². The molecule has 0 bridgehead atoms. The van der Waals surface area contributed by atoms with Gasteiger partial charge in [-0.25, -0.2) is 18.1 Å². The smallest absolute Gasteiger partial charge is 0.251 e. The fourth-order valence-corrected chi connectivity index (χ4v) is 3.91. The van der Waals surface area contributed by atoms with E-state index >= 15 is 0 Å². The number of imidazole rings is 1. The van der Waals surface area contributed by atoms with Crippen LogP contribution in [0.1, 0.15) is 16.1 Å². The predicted octanol–water partition coefficient (Wildman–Crippen LogP) is 1.24. The Bertz CT molecular complexity index is 995. The SMILES string of the molecule is CNS(=O)(=O)c1cc(C(=O)NCc2cn3ccsc3n2)ccc1OC. The van der Waals surface area contributed by atoms with Gasteiger partial charge in [-0.2, -0.15) is 0 Å². The lowest BCUT2D eigenvalue weighted by Crippen LogP contribution is -2.24. The summed E-state index contributed by atoms with van der Waals surface area (Å²) in [6.07, 6.45) is 3.72. The van der Waals surface area contributed by atoms with Gasteiger partial charge in [-0.15, -0.1) is 11.3 Å². The third-order valence-electron chi connectivity index (χ3n) is 3.56. The summed E-state index contributed by atoms with van der Waals surface area (Å²) in [7, 11) is -1.08. The van der Waals surface area contributed by atoms with Crippen molar-refractivity contribution in [3.8, 4) is 5.75 Å². The molecule has 0 spiro atoms. The summed E-state index contributed by atoms with van der Waals surface area (Å²) in [4.78, 5) is 17.5. The normalized spacial score (nSPS) is 11.6. The standard InChI is InChI=1S/C15H16N4O4S2/c1-16-25(21,22)13-7-10(3-4-12(13)23-2)14(20)17-8-11-9-19-5-6-24-15(19)18-11/h3-7,9,16H,8H2,1-2H3,(H,17,20). The van der Waals surface area contributed by atoms with Crippen LogP contribution in [0.5, 0.6) is 5.75 Å². The number of nitrogens with one attached hydrogen (secondary N) is 2. The minimum Gasteiger partial charge on any atom is -0.495 e. The molecule has 1 amide bonds. The highest BCUT2D eigenvalue weighted by Gasteiger charge is 2.20. The van der Waals surface area contributed by atoms with Gasteiger partial charge in [0.15, 0.2) is 4.96 Å². The van der Waals surface area contributed by atoms with Crippen LogP contribution in [0.15, 0.2) is 40.9 Å². The number of sulfonamides is 1. The number of carbonyl (C=O) groups excluding carboxylic acids is 1. The zero-order valence-corrected chi connectivity index (χ0v) is 15.1. The highest BCUT2D eigenvalue weighted by atomic mass is 32.2. The molecule has 0 saturated heterocycles. The molecule has 2 N–H and O–H groups in total. The Morgan fingerprint density at radius 2 is 2.20 bits per heavy atom. The number of rotatable bonds is 6. The maximum absolute atomic E-state index is 12.3. The van der Waals surface area contributed by atoms with Crippen molar-refractivity contribution in [2.75, 3.05) is 14.2 Å². The molecule has 8 nitrogen and oxygen atoms in total. The molecule has 0 atom stereocenters. The van der Waals surface area contributed by atoms with Crippen LogP contribution in [-0.4, -0.2) is 37.9 Å². The van der Waals surface area contributed by atoms with Crippen LogP contribution in [0, 0.1) is 0 Å². The molecule has 0 radical (unpaired) electrons. The van der Waals surface area contributed by atoms with Gasteiger partial charge in [-0.3, -0.25) is 9.20 Å². The summed E-state index contributed by atoms with van der Waals surface area (Å²) in [5, 5.41) is 4.66. The fraction of sp³-hybridized carbons (Fsp3) is 0.200. The van der Waals surface area contributed by atoms with Gasteiger partial charge in [0, 0.05) is 23.3 Å². The van der Waals surface area contributed by atoms with Gasteiger partial charge in [0.1, 0.15) is 10.6 Å². The number of hydrogen-bond acceptors (Lipinski definition) is 6. The second kappa shape index (κ2) is 6.82. The maximum Gasteiger partial charge on any atom is 0.251 e. The lowest BCUT2D eigenvalue weighted by atomic mass is 10.2. The predicted molar refractivity (Wildman–Crippen MR) is 93.5 cm³/mol. The first kappa shape index (κ1) is 17.4. The minimum atomic E-state index is -3.74. The van der Waals surface area contributed by atoms with Gasteiger partial charge >= 0.3 is 0 Å². The van der Waals surface area contributed by atoms with Crippen molar-refractivity contribution in [1.82, 2.24) is 19.4 Å². The van der Waals surface area contributed by atoms with Crippen molar-refractivity contribution in [3.63, 3.8) is 0 Å². The van der Waals surface area contributed by atoms with Crippen LogP contribution in [0.2, 0.25) is 0 Å². The zero-order chi connectivity index (χ0) is 18.0. The molecule has 1 aromatic carbocycles. The van der Waals surface area contributed by atoms with E-state index in [4.69, 9.17) is 4.74 Å². The maximum atomic E-state index is 12.3. The molecule has 25 heavy (non-hydrogen) atoms. The number of amides is 1. The molecule has 0 aliphatic rings. The van der Waals surface area contributed by atoms with Crippen molar-refractivity contribution in [1.29, 1.82) is 0 Å². The van der Waals surface area contributed by atoms with Gasteiger partial charge in [0.05, 0.1) is 19.3 Å². The summed E-state index contributed by atoms with van der Waals surface area (Å²) < 4.78 is 33.3. The lowest BCUT2D eigenvalue weighted by Gasteiger charge is -2.11. The number of methoxy groups -OCH3 is 1.